The van der Waals surface area contributed by atoms with E-state index in [9.17, 15) is 4.79 Å². The first kappa shape index (κ1) is 20.1. The van der Waals surface area contributed by atoms with Gasteiger partial charge in [-0.05, 0) is 72.3 Å². The summed E-state index contributed by atoms with van der Waals surface area (Å²) in [7, 11) is 3.25. The van der Waals surface area contributed by atoms with Crippen molar-refractivity contribution in [2.75, 3.05) is 14.2 Å². The van der Waals surface area contributed by atoms with Crippen molar-refractivity contribution in [1.82, 2.24) is 9.97 Å². The van der Waals surface area contributed by atoms with Crippen molar-refractivity contribution in [3.05, 3.63) is 78.4 Å². The molecule has 0 unspecified atom stereocenters. The zero-order valence-corrected chi connectivity index (χ0v) is 17.1. The molecule has 3 aromatic carbocycles. The third-order valence-corrected chi connectivity index (χ3v) is 4.83. The third-order valence-electron chi connectivity index (χ3n) is 4.83. The lowest BCUT2D eigenvalue weighted by atomic mass is 10.0. The monoisotopic (exact) mass is 412 g/mol. The number of benzene rings is 3. The van der Waals surface area contributed by atoms with E-state index in [4.69, 9.17) is 24.5 Å². The molecule has 31 heavy (non-hydrogen) atoms. The topological polar surface area (TPSA) is 81.5 Å². The second-order valence-corrected chi connectivity index (χ2v) is 6.80. The highest BCUT2D eigenvalue weighted by Gasteiger charge is 2.14. The average Bonchev–Trinajstić information content (AvgIpc) is 2.82. The van der Waals surface area contributed by atoms with Crippen LogP contribution >= 0.6 is 0 Å². The molecule has 0 radical (unpaired) electrons. The van der Waals surface area contributed by atoms with E-state index >= 15 is 0 Å². The molecule has 0 fully saturated rings. The van der Waals surface area contributed by atoms with Crippen molar-refractivity contribution in [3.8, 4) is 34.0 Å². The average molecular weight is 412 g/mol. The summed E-state index contributed by atoms with van der Waals surface area (Å²) in [4.78, 5) is 20.6. The fraction of sp³-hybridized carbons (Fsp3) is 0.0800. The van der Waals surface area contributed by atoms with Gasteiger partial charge in [0.25, 0.3) is 0 Å². The van der Waals surface area contributed by atoms with Crippen molar-refractivity contribution in [1.29, 1.82) is 0 Å². The molecule has 0 atom stereocenters. The van der Waals surface area contributed by atoms with Crippen LogP contribution in [0, 0.1) is 0 Å². The number of aromatic nitrogens is 2. The van der Waals surface area contributed by atoms with Crippen molar-refractivity contribution in [2.24, 2.45) is 0 Å². The van der Waals surface area contributed by atoms with Crippen molar-refractivity contribution < 1.29 is 19.4 Å². The van der Waals surface area contributed by atoms with Crippen LogP contribution in [0.25, 0.3) is 39.6 Å². The Labute approximate surface area is 179 Å². The number of aliphatic carboxylic acids is 1. The van der Waals surface area contributed by atoms with E-state index in [1.165, 1.54) is 6.08 Å². The lowest BCUT2D eigenvalue weighted by molar-refractivity contribution is -0.131. The summed E-state index contributed by atoms with van der Waals surface area (Å²) in [6.45, 7) is 0. The van der Waals surface area contributed by atoms with Gasteiger partial charge >= 0.3 is 5.97 Å². The number of carbonyl (C=O) groups is 1. The first-order valence-corrected chi connectivity index (χ1v) is 9.59. The zero-order chi connectivity index (χ0) is 21.8. The number of carboxylic acids is 1. The Morgan fingerprint density at radius 2 is 1.29 bits per heavy atom. The molecule has 0 aliphatic heterocycles. The molecule has 154 valence electrons. The second kappa shape index (κ2) is 8.67. The van der Waals surface area contributed by atoms with Crippen LogP contribution < -0.4 is 9.47 Å². The maximum atomic E-state index is 10.8. The molecule has 1 aromatic heterocycles. The fourth-order valence-electron chi connectivity index (χ4n) is 3.24. The summed E-state index contributed by atoms with van der Waals surface area (Å²) in [6.07, 6.45) is 2.64. The summed E-state index contributed by atoms with van der Waals surface area (Å²) in [5.41, 5.74) is 5.41. The minimum Gasteiger partial charge on any atom is -0.497 e. The molecule has 0 aliphatic rings. The summed E-state index contributed by atoms with van der Waals surface area (Å²) < 4.78 is 10.5. The molecule has 0 saturated heterocycles. The quantitative estimate of drug-likeness (QED) is 0.445. The van der Waals surface area contributed by atoms with Gasteiger partial charge in [0.05, 0.1) is 36.6 Å². The van der Waals surface area contributed by atoms with Crippen molar-refractivity contribution >= 4 is 23.1 Å². The van der Waals surface area contributed by atoms with Gasteiger partial charge in [0, 0.05) is 17.2 Å². The summed E-state index contributed by atoms with van der Waals surface area (Å²) in [6, 6.07) is 20.8. The molecule has 6 heteroatoms. The number of ether oxygens (including phenoxy) is 2. The SMILES string of the molecule is COc1ccc(-c2nc3ccc(C=CC(=O)O)cc3nc2-c2ccc(OC)cc2)cc1. The first-order chi connectivity index (χ1) is 15.1. The van der Waals surface area contributed by atoms with Crippen LogP contribution in [0.5, 0.6) is 11.5 Å². The van der Waals surface area contributed by atoms with Crippen LogP contribution in [0.15, 0.2) is 72.8 Å². The summed E-state index contributed by atoms with van der Waals surface area (Å²) in [5, 5.41) is 8.89. The van der Waals surface area contributed by atoms with E-state index in [0.717, 1.165) is 51.2 Å². The van der Waals surface area contributed by atoms with Gasteiger partial charge in [-0.15, -0.1) is 0 Å². The van der Waals surface area contributed by atoms with E-state index in [0.29, 0.717) is 5.52 Å². The molecule has 0 aliphatic carbocycles. The van der Waals surface area contributed by atoms with Crippen LogP contribution in [-0.2, 0) is 4.79 Å². The van der Waals surface area contributed by atoms with E-state index in [2.05, 4.69) is 0 Å². The third kappa shape index (κ3) is 4.38. The Hall–Kier alpha value is -4.19. The zero-order valence-electron chi connectivity index (χ0n) is 17.1. The van der Waals surface area contributed by atoms with Crippen LogP contribution in [0.1, 0.15) is 5.56 Å². The molecule has 0 spiro atoms. The Morgan fingerprint density at radius 1 is 0.774 bits per heavy atom. The van der Waals surface area contributed by atoms with Gasteiger partial charge in [-0.3, -0.25) is 0 Å². The highest BCUT2D eigenvalue weighted by Crippen LogP contribution is 2.33. The lowest BCUT2D eigenvalue weighted by Gasteiger charge is -2.12. The van der Waals surface area contributed by atoms with E-state index in [1.807, 2.05) is 66.7 Å². The summed E-state index contributed by atoms with van der Waals surface area (Å²) in [5.74, 6) is 0.517. The molecule has 4 rings (SSSR count). The molecule has 4 aromatic rings. The van der Waals surface area contributed by atoms with E-state index in [1.54, 1.807) is 14.2 Å². The Bertz CT molecular complexity index is 1260. The largest absolute Gasteiger partial charge is 0.497 e. The molecular formula is C25H20N2O4. The van der Waals surface area contributed by atoms with Gasteiger partial charge in [-0.2, -0.15) is 0 Å². The molecule has 1 heterocycles. The van der Waals surface area contributed by atoms with Gasteiger partial charge in [0.15, 0.2) is 0 Å². The van der Waals surface area contributed by atoms with Crippen LogP contribution in [-0.4, -0.2) is 35.3 Å². The van der Waals surface area contributed by atoms with E-state index < -0.39 is 5.97 Å². The van der Waals surface area contributed by atoms with Crippen LogP contribution in [0.4, 0.5) is 0 Å². The number of hydrogen-bond acceptors (Lipinski definition) is 5. The molecule has 0 amide bonds. The van der Waals surface area contributed by atoms with Gasteiger partial charge in [0.1, 0.15) is 11.5 Å². The number of nitrogens with zero attached hydrogens (tertiary/aromatic N) is 2. The Kier molecular flexibility index (Phi) is 5.62. The predicted octanol–water partition coefficient (Wildman–Crippen LogP) is 5.08. The van der Waals surface area contributed by atoms with Crippen LogP contribution in [0.3, 0.4) is 0 Å². The smallest absolute Gasteiger partial charge is 0.328 e. The fourth-order valence-corrected chi connectivity index (χ4v) is 3.24. The Morgan fingerprint density at radius 3 is 1.77 bits per heavy atom. The number of fused-ring (bicyclic) bond motifs is 1. The lowest BCUT2D eigenvalue weighted by Crippen LogP contribution is -1.96. The molecule has 0 bridgehead atoms. The van der Waals surface area contributed by atoms with Crippen molar-refractivity contribution in [2.45, 2.75) is 0 Å². The van der Waals surface area contributed by atoms with Crippen molar-refractivity contribution in [3.63, 3.8) is 0 Å². The number of carboxylic acid groups (broad SMARTS) is 1. The normalized spacial score (nSPS) is 11.0. The van der Waals surface area contributed by atoms with E-state index in [-0.39, 0.29) is 0 Å². The maximum Gasteiger partial charge on any atom is 0.328 e. The van der Waals surface area contributed by atoms with Gasteiger partial charge in [-0.1, -0.05) is 6.07 Å². The second-order valence-electron chi connectivity index (χ2n) is 6.80. The predicted molar refractivity (Wildman–Crippen MR) is 120 cm³/mol. The Balaban J connectivity index is 1.90. The molecule has 0 saturated carbocycles. The summed E-state index contributed by atoms with van der Waals surface area (Å²) >= 11 is 0. The minimum absolute atomic E-state index is 0.676. The van der Waals surface area contributed by atoms with Gasteiger partial charge in [0.2, 0.25) is 0 Å². The van der Waals surface area contributed by atoms with Gasteiger partial charge in [-0.25, -0.2) is 14.8 Å². The van der Waals surface area contributed by atoms with Gasteiger partial charge < -0.3 is 14.6 Å². The number of hydrogen-bond donors (Lipinski definition) is 1. The first-order valence-electron chi connectivity index (χ1n) is 9.59. The van der Waals surface area contributed by atoms with Crippen LogP contribution in [0.2, 0.25) is 0 Å². The molecular weight excluding hydrogens is 392 g/mol. The number of rotatable bonds is 6. The minimum atomic E-state index is -1.00. The molecule has 1 N–H and O–H groups in total. The molecule has 6 nitrogen and oxygen atoms in total. The highest BCUT2D eigenvalue weighted by molar-refractivity contribution is 5.89. The maximum absolute atomic E-state index is 10.8. The standard InChI is InChI=1S/C25H20N2O4/c1-30-19-9-5-17(6-10-19)24-25(18-7-11-20(31-2)12-8-18)27-22-15-16(4-14-23(28)29)3-13-21(22)26-24/h3-15H,1-2H3,(H,28,29). The number of methoxy groups -OCH3 is 2. The highest BCUT2D eigenvalue weighted by atomic mass is 16.5.